The van der Waals surface area contributed by atoms with E-state index in [0.29, 0.717) is 24.3 Å². The zero-order chi connectivity index (χ0) is 14.0. The van der Waals surface area contributed by atoms with Crippen LogP contribution in [0.4, 0.5) is 10.5 Å². The Kier molecular flexibility index (Phi) is 3.71. The van der Waals surface area contributed by atoms with E-state index in [9.17, 15) is 14.7 Å². The molecule has 19 heavy (non-hydrogen) atoms. The SMILES string of the molecule is CN1CCN(c2ccccc2C(CN)C(=O)O)C1=O. The van der Waals surface area contributed by atoms with E-state index >= 15 is 0 Å². The molecule has 0 aromatic heterocycles. The summed E-state index contributed by atoms with van der Waals surface area (Å²) in [6, 6.07) is 6.91. The summed E-state index contributed by atoms with van der Waals surface area (Å²) in [5, 5.41) is 9.22. The molecule has 3 N–H and O–H groups in total. The molecule has 1 saturated heterocycles. The summed E-state index contributed by atoms with van der Waals surface area (Å²) < 4.78 is 0. The molecular formula is C13H17N3O3. The van der Waals surface area contributed by atoms with Crippen molar-refractivity contribution in [2.45, 2.75) is 5.92 Å². The minimum atomic E-state index is -0.977. The van der Waals surface area contributed by atoms with E-state index in [4.69, 9.17) is 5.73 Å². The molecule has 2 rings (SSSR count). The highest BCUT2D eigenvalue weighted by molar-refractivity contribution is 5.95. The third kappa shape index (κ3) is 2.39. The lowest BCUT2D eigenvalue weighted by Gasteiger charge is -2.22. The maximum absolute atomic E-state index is 12.0. The van der Waals surface area contributed by atoms with Gasteiger partial charge in [-0.2, -0.15) is 0 Å². The minimum Gasteiger partial charge on any atom is -0.481 e. The molecule has 1 atom stereocenters. The Morgan fingerprint density at radius 2 is 2.11 bits per heavy atom. The summed E-state index contributed by atoms with van der Waals surface area (Å²) in [7, 11) is 1.72. The van der Waals surface area contributed by atoms with Gasteiger partial charge >= 0.3 is 12.0 Å². The predicted molar refractivity (Wildman–Crippen MR) is 71.2 cm³/mol. The van der Waals surface area contributed by atoms with Crippen LogP contribution in [0.5, 0.6) is 0 Å². The number of urea groups is 1. The number of hydrogen-bond donors (Lipinski definition) is 2. The van der Waals surface area contributed by atoms with Gasteiger partial charge in [-0.25, -0.2) is 4.79 Å². The van der Waals surface area contributed by atoms with E-state index in [2.05, 4.69) is 0 Å². The zero-order valence-electron chi connectivity index (χ0n) is 10.7. The topological polar surface area (TPSA) is 86.9 Å². The van der Waals surface area contributed by atoms with E-state index in [1.807, 2.05) is 0 Å². The van der Waals surface area contributed by atoms with Crippen LogP contribution in [-0.4, -0.2) is 48.7 Å². The maximum atomic E-state index is 12.0. The van der Waals surface area contributed by atoms with Crippen molar-refractivity contribution in [3.8, 4) is 0 Å². The number of nitrogens with zero attached hydrogens (tertiary/aromatic N) is 2. The van der Waals surface area contributed by atoms with Gasteiger partial charge in [0.25, 0.3) is 0 Å². The molecule has 1 aliphatic rings. The van der Waals surface area contributed by atoms with Crippen LogP contribution in [0, 0.1) is 0 Å². The molecule has 1 aromatic carbocycles. The van der Waals surface area contributed by atoms with Gasteiger partial charge < -0.3 is 15.7 Å². The van der Waals surface area contributed by atoms with Crippen molar-refractivity contribution in [3.63, 3.8) is 0 Å². The Labute approximate surface area is 111 Å². The third-order valence-electron chi connectivity index (χ3n) is 3.35. The lowest BCUT2D eigenvalue weighted by Crippen LogP contribution is -2.31. The molecule has 102 valence electrons. The zero-order valence-corrected chi connectivity index (χ0v) is 10.7. The molecule has 6 nitrogen and oxygen atoms in total. The highest BCUT2D eigenvalue weighted by Gasteiger charge is 2.31. The smallest absolute Gasteiger partial charge is 0.324 e. The molecule has 2 amide bonds. The monoisotopic (exact) mass is 263 g/mol. The first-order chi connectivity index (χ1) is 9.06. The van der Waals surface area contributed by atoms with Crippen molar-refractivity contribution in [1.82, 2.24) is 4.90 Å². The molecule has 0 radical (unpaired) electrons. The first-order valence-corrected chi connectivity index (χ1v) is 6.10. The summed E-state index contributed by atoms with van der Waals surface area (Å²) in [4.78, 5) is 26.5. The minimum absolute atomic E-state index is 0.00418. The number of carboxylic acid groups (broad SMARTS) is 1. The molecule has 1 aromatic rings. The first-order valence-electron chi connectivity index (χ1n) is 6.10. The number of likely N-dealkylation sites (N-methyl/N-ethyl adjacent to an activating group) is 1. The largest absolute Gasteiger partial charge is 0.481 e. The third-order valence-corrected chi connectivity index (χ3v) is 3.35. The second-order valence-corrected chi connectivity index (χ2v) is 4.54. The molecule has 0 spiro atoms. The van der Waals surface area contributed by atoms with Gasteiger partial charge in [-0.1, -0.05) is 18.2 Å². The highest BCUT2D eigenvalue weighted by Crippen LogP contribution is 2.29. The van der Waals surface area contributed by atoms with Crippen LogP contribution in [0.3, 0.4) is 0 Å². The predicted octanol–water partition coefficient (Wildman–Crippen LogP) is 0.685. The lowest BCUT2D eigenvalue weighted by atomic mass is 9.97. The molecule has 6 heteroatoms. The molecule has 1 aliphatic heterocycles. The summed E-state index contributed by atoms with van der Waals surface area (Å²) in [6.07, 6.45) is 0. The van der Waals surface area contributed by atoms with Crippen LogP contribution in [-0.2, 0) is 4.79 Å². The average molecular weight is 263 g/mol. The number of amides is 2. The second-order valence-electron chi connectivity index (χ2n) is 4.54. The van der Waals surface area contributed by atoms with E-state index in [-0.39, 0.29) is 12.6 Å². The van der Waals surface area contributed by atoms with Gasteiger partial charge in [-0.05, 0) is 11.6 Å². The van der Waals surface area contributed by atoms with Gasteiger partial charge in [0.05, 0.1) is 5.92 Å². The molecule has 0 saturated carbocycles. The first kappa shape index (κ1) is 13.4. The summed E-state index contributed by atoms with van der Waals surface area (Å²) in [6.45, 7) is 1.20. The molecule has 0 aliphatic carbocycles. The Morgan fingerprint density at radius 3 is 2.63 bits per heavy atom. The molecule has 1 fully saturated rings. The number of anilines is 1. The maximum Gasteiger partial charge on any atom is 0.324 e. The number of rotatable bonds is 4. The van der Waals surface area contributed by atoms with Gasteiger partial charge in [0.1, 0.15) is 0 Å². The van der Waals surface area contributed by atoms with Gasteiger partial charge in [-0.15, -0.1) is 0 Å². The van der Waals surface area contributed by atoms with E-state index in [0.717, 1.165) is 0 Å². The fourth-order valence-corrected chi connectivity index (χ4v) is 2.26. The van der Waals surface area contributed by atoms with Gasteiger partial charge in [0.15, 0.2) is 0 Å². The van der Waals surface area contributed by atoms with Crippen LogP contribution in [0.1, 0.15) is 11.5 Å². The van der Waals surface area contributed by atoms with Crippen LogP contribution in [0.15, 0.2) is 24.3 Å². The number of hydrogen-bond acceptors (Lipinski definition) is 3. The summed E-state index contributed by atoms with van der Waals surface area (Å²) in [5.74, 6) is -1.77. The number of nitrogens with two attached hydrogens (primary N) is 1. The summed E-state index contributed by atoms with van der Waals surface area (Å²) in [5.41, 5.74) is 6.76. The number of carbonyl (C=O) groups excluding carboxylic acids is 1. The van der Waals surface area contributed by atoms with Crippen molar-refractivity contribution >= 4 is 17.7 Å². The molecular weight excluding hydrogens is 246 g/mol. The number of carboxylic acids is 1. The fourth-order valence-electron chi connectivity index (χ4n) is 2.26. The van der Waals surface area contributed by atoms with Crippen molar-refractivity contribution in [2.24, 2.45) is 5.73 Å². The molecule has 0 bridgehead atoms. The second kappa shape index (κ2) is 5.27. The number of para-hydroxylation sites is 1. The number of carbonyl (C=O) groups is 2. The van der Waals surface area contributed by atoms with Crippen LogP contribution >= 0.6 is 0 Å². The van der Waals surface area contributed by atoms with Crippen LogP contribution in [0.25, 0.3) is 0 Å². The fraction of sp³-hybridized carbons (Fsp3) is 0.385. The Hall–Kier alpha value is -2.08. The van der Waals surface area contributed by atoms with Crippen molar-refractivity contribution in [3.05, 3.63) is 29.8 Å². The van der Waals surface area contributed by atoms with Crippen molar-refractivity contribution in [1.29, 1.82) is 0 Å². The Balaban J connectivity index is 2.41. The lowest BCUT2D eigenvalue weighted by molar-refractivity contribution is -0.138. The van der Waals surface area contributed by atoms with Gasteiger partial charge in [0.2, 0.25) is 0 Å². The van der Waals surface area contributed by atoms with Crippen LogP contribution < -0.4 is 10.6 Å². The molecule has 1 unspecified atom stereocenters. The number of aliphatic carboxylic acids is 1. The Morgan fingerprint density at radius 1 is 1.42 bits per heavy atom. The standard InChI is InChI=1S/C13H17N3O3/c1-15-6-7-16(13(15)19)11-5-3-2-4-9(11)10(8-14)12(17)18/h2-5,10H,6-8,14H2,1H3,(H,17,18). The van der Waals surface area contributed by atoms with E-state index in [1.165, 1.54) is 0 Å². The van der Waals surface area contributed by atoms with Crippen LogP contribution in [0.2, 0.25) is 0 Å². The highest BCUT2D eigenvalue weighted by atomic mass is 16.4. The molecule has 1 heterocycles. The Bertz CT molecular complexity index is 504. The quantitative estimate of drug-likeness (QED) is 0.836. The van der Waals surface area contributed by atoms with E-state index < -0.39 is 11.9 Å². The normalized spacial score (nSPS) is 16.8. The van der Waals surface area contributed by atoms with E-state index in [1.54, 1.807) is 41.1 Å². The average Bonchev–Trinajstić information content (AvgIpc) is 2.71. The number of benzene rings is 1. The van der Waals surface area contributed by atoms with Gasteiger partial charge in [-0.3, -0.25) is 9.69 Å². The van der Waals surface area contributed by atoms with Crippen molar-refractivity contribution in [2.75, 3.05) is 31.6 Å². The van der Waals surface area contributed by atoms with Crippen molar-refractivity contribution < 1.29 is 14.7 Å². The summed E-state index contributed by atoms with van der Waals surface area (Å²) >= 11 is 0. The van der Waals surface area contributed by atoms with Gasteiger partial charge in [0, 0.05) is 32.4 Å².